The third-order valence-corrected chi connectivity index (χ3v) is 5.36. The number of anilines is 1. The highest BCUT2D eigenvalue weighted by Crippen LogP contribution is 2.22. The highest BCUT2D eigenvalue weighted by Gasteiger charge is 2.10. The average molecular weight is 409 g/mol. The lowest BCUT2D eigenvalue weighted by molar-refractivity contribution is 0.102. The standard InChI is InChI=1S/C22H24N4O2S/c1-15-12-16(2)26(24-15)14-17-6-5-7-18(13-17)21(27)23-19-8-10-20(11-9-19)29-22(28)25(3)4/h5-13H,14H2,1-4H3,(H,23,27). The van der Waals surface area contributed by atoms with Crippen LogP contribution in [0.4, 0.5) is 10.5 Å². The molecular formula is C22H24N4O2S. The monoisotopic (exact) mass is 408 g/mol. The minimum Gasteiger partial charge on any atom is -0.339 e. The second-order valence-corrected chi connectivity index (χ2v) is 8.05. The molecule has 3 aromatic rings. The molecule has 150 valence electrons. The summed E-state index contributed by atoms with van der Waals surface area (Å²) in [7, 11) is 3.43. The van der Waals surface area contributed by atoms with Gasteiger partial charge in [-0.05, 0) is 73.6 Å². The smallest absolute Gasteiger partial charge is 0.285 e. The second-order valence-electron chi connectivity index (χ2n) is 7.03. The fraction of sp³-hybridized carbons (Fsp3) is 0.227. The number of nitrogens with one attached hydrogen (secondary N) is 1. The van der Waals surface area contributed by atoms with Gasteiger partial charge in [-0.2, -0.15) is 5.10 Å². The van der Waals surface area contributed by atoms with Crippen molar-refractivity contribution in [1.82, 2.24) is 14.7 Å². The molecule has 0 fully saturated rings. The highest BCUT2D eigenvalue weighted by molar-refractivity contribution is 8.13. The van der Waals surface area contributed by atoms with Gasteiger partial charge in [0, 0.05) is 35.9 Å². The highest BCUT2D eigenvalue weighted by atomic mass is 32.2. The van der Waals surface area contributed by atoms with Crippen molar-refractivity contribution in [3.63, 3.8) is 0 Å². The Bertz CT molecular complexity index is 1030. The number of benzene rings is 2. The van der Waals surface area contributed by atoms with Crippen molar-refractivity contribution in [3.8, 4) is 0 Å². The first-order chi connectivity index (χ1) is 13.8. The molecular weight excluding hydrogens is 384 g/mol. The van der Waals surface area contributed by atoms with Gasteiger partial charge < -0.3 is 10.2 Å². The van der Waals surface area contributed by atoms with Crippen LogP contribution in [0.5, 0.6) is 0 Å². The van der Waals surface area contributed by atoms with E-state index in [9.17, 15) is 9.59 Å². The Balaban J connectivity index is 1.66. The Hall–Kier alpha value is -3.06. The first kappa shape index (κ1) is 20.7. The summed E-state index contributed by atoms with van der Waals surface area (Å²) < 4.78 is 1.93. The molecule has 1 N–H and O–H groups in total. The van der Waals surface area contributed by atoms with Crippen molar-refractivity contribution in [2.45, 2.75) is 25.3 Å². The zero-order valence-corrected chi connectivity index (χ0v) is 17.8. The summed E-state index contributed by atoms with van der Waals surface area (Å²) in [6, 6.07) is 16.8. The van der Waals surface area contributed by atoms with Crippen LogP contribution in [0, 0.1) is 13.8 Å². The van der Waals surface area contributed by atoms with Gasteiger partial charge in [-0.3, -0.25) is 14.3 Å². The van der Waals surface area contributed by atoms with E-state index in [0.29, 0.717) is 17.8 Å². The first-order valence-electron chi connectivity index (χ1n) is 9.22. The van der Waals surface area contributed by atoms with E-state index in [1.54, 1.807) is 32.3 Å². The summed E-state index contributed by atoms with van der Waals surface area (Å²) in [5, 5.41) is 7.34. The topological polar surface area (TPSA) is 67.2 Å². The van der Waals surface area contributed by atoms with E-state index in [0.717, 1.165) is 33.6 Å². The van der Waals surface area contributed by atoms with Gasteiger partial charge in [-0.1, -0.05) is 12.1 Å². The van der Waals surface area contributed by atoms with Crippen molar-refractivity contribution in [2.75, 3.05) is 19.4 Å². The van der Waals surface area contributed by atoms with Gasteiger partial charge in [0.1, 0.15) is 0 Å². The van der Waals surface area contributed by atoms with E-state index >= 15 is 0 Å². The maximum atomic E-state index is 12.6. The van der Waals surface area contributed by atoms with E-state index in [2.05, 4.69) is 10.4 Å². The Morgan fingerprint density at radius 3 is 2.41 bits per heavy atom. The molecule has 0 aliphatic rings. The number of carbonyl (C=O) groups excluding carboxylic acids is 2. The molecule has 0 saturated carbocycles. The van der Waals surface area contributed by atoms with Gasteiger partial charge in [-0.15, -0.1) is 0 Å². The lowest BCUT2D eigenvalue weighted by atomic mass is 10.1. The van der Waals surface area contributed by atoms with Crippen LogP contribution in [0.2, 0.25) is 0 Å². The predicted octanol–water partition coefficient (Wildman–Crippen LogP) is 4.57. The van der Waals surface area contributed by atoms with Crippen molar-refractivity contribution in [3.05, 3.63) is 77.1 Å². The fourth-order valence-electron chi connectivity index (χ4n) is 2.82. The molecule has 7 heteroatoms. The van der Waals surface area contributed by atoms with Crippen LogP contribution in [0.1, 0.15) is 27.3 Å². The maximum absolute atomic E-state index is 12.6. The van der Waals surface area contributed by atoms with Crippen LogP contribution in [0.15, 0.2) is 59.5 Å². The third kappa shape index (κ3) is 5.48. The number of hydrogen-bond acceptors (Lipinski definition) is 4. The average Bonchev–Trinajstić information content (AvgIpc) is 3.00. The van der Waals surface area contributed by atoms with Crippen molar-refractivity contribution in [1.29, 1.82) is 0 Å². The number of aromatic nitrogens is 2. The molecule has 0 bridgehead atoms. The summed E-state index contributed by atoms with van der Waals surface area (Å²) in [5.41, 5.74) is 4.34. The van der Waals surface area contributed by atoms with Crippen LogP contribution >= 0.6 is 11.8 Å². The Labute approximate surface area is 174 Å². The van der Waals surface area contributed by atoms with Gasteiger partial charge in [0.15, 0.2) is 0 Å². The van der Waals surface area contributed by atoms with Crippen LogP contribution in [-0.4, -0.2) is 39.9 Å². The van der Waals surface area contributed by atoms with Crippen LogP contribution in [0.3, 0.4) is 0 Å². The quantitative estimate of drug-likeness (QED) is 0.628. The maximum Gasteiger partial charge on any atom is 0.285 e. The van der Waals surface area contributed by atoms with Gasteiger partial charge >= 0.3 is 0 Å². The van der Waals surface area contributed by atoms with Crippen LogP contribution in [-0.2, 0) is 6.54 Å². The van der Waals surface area contributed by atoms with Crippen molar-refractivity contribution in [2.24, 2.45) is 0 Å². The van der Waals surface area contributed by atoms with Gasteiger partial charge in [0.2, 0.25) is 0 Å². The number of amides is 2. The van der Waals surface area contributed by atoms with E-state index in [-0.39, 0.29) is 11.1 Å². The summed E-state index contributed by atoms with van der Waals surface area (Å²) in [5.74, 6) is -0.176. The normalized spacial score (nSPS) is 10.6. The Morgan fingerprint density at radius 2 is 1.79 bits per heavy atom. The Kier molecular flexibility index (Phi) is 6.39. The molecule has 3 rings (SSSR count). The summed E-state index contributed by atoms with van der Waals surface area (Å²) in [6.45, 7) is 4.60. The molecule has 1 heterocycles. The molecule has 0 atom stereocenters. The zero-order valence-electron chi connectivity index (χ0n) is 17.0. The first-order valence-corrected chi connectivity index (χ1v) is 10.0. The molecule has 0 aliphatic carbocycles. The van der Waals surface area contributed by atoms with Gasteiger partial charge in [0.25, 0.3) is 11.1 Å². The minimum absolute atomic E-state index is 0.0405. The second kappa shape index (κ2) is 8.96. The van der Waals surface area contributed by atoms with Crippen LogP contribution in [0.25, 0.3) is 0 Å². The number of nitrogens with zero attached hydrogens (tertiary/aromatic N) is 3. The third-order valence-electron chi connectivity index (χ3n) is 4.31. The number of rotatable bonds is 5. The van der Waals surface area contributed by atoms with Gasteiger partial charge in [-0.25, -0.2) is 0 Å². The molecule has 2 aromatic carbocycles. The number of thioether (sulfide) groups is 1. The predicted molar refractivity (Wildman–Crippen MR) is 117 cm³/mol. The largest absolute Gasteiger partial charge is 0.339 e. The molecule has 1 aromatic heterocycles. The summed E-state index contributed by atoms with van der Waals surface area (Å²) in [4.78, 5) is 26.8. The zero-order chi connectivity index (χ0) is 21.0. The molecule has 0 spiro atoms. The van der Waals surface area contributed by atoms with E-state index in [1.165, 1.54) is 4.90 Å². The molecule has 0 radical (unpaired) electrons. The summed E-state index contributed by atoms with van der Waals surface area (Å²) >= 11 is 1.15. The van der Waals surface area contributed by atoms with E-state index in [1.807, 2.05) is 54.9 Å². The molecule has 0 aliphatic heterocycles. The number of aryl methyl sites for hydroxylation is 2. The van der Waals surface area contributed by atoms with E-state index < -0.39 is 0 Å². The van der Waals surface area contributed by atoms with Crippen molar-refractivity contribution < 1.29 is 9.59 Å². The lowest BCUT2D eigenvalue weighted by Gasteiger charge is -2.10. The molecule has 29 heavy (non-hydrogen) atoms. The molecule has 2 amide bonds. The fourth-order valence-corrected chi connectivity index (χ4v) is 3.48. The number of carbonyl (C=O) groups is 2. The van der Waals surface area contributed by atoms with Crippen molar-refractivity contribution >= 4 is 28.6 Å². The van der Waals surface area contributed by atoms with E-state index in [4.69, 9.17) is 0 Å². The van der Waals surface area contributed by atoms with Crippen LogP contribution < -0.4 is 5.32 Å². The Morgan fingerprint density at radius 1 is 1.07 bits per heavy atom. The lowest BCUT2D eigenvalue weighted by Crippen LogP contribution is -2.16. The minimum atomic E-state index is -0.176. The summed E-state index contributed by atoms with van der Waals surface area (Å²) in [6.07, 6.45) is 0. The SMILES string of the molecule is Cc1cc(C)n(Cc2cccc(C(=O)Nc3ccc(SC(=O)N(C)C)cc3)c2)n1. The molecule has 0 saturated heterocycles. The van der Waals surface area contributed by atoms with Gasteiger partial charge in [0.05, 0.1) is 12.2 Å². The molecule has 6 nitrogen and oxygen atoms in total. The molecule has 0 unspecified atom stereocenters. The number of hydrogen-bond donors (Lipinski definition) is 1.